The summed E-state index contributed by atoms with van der Waals surface area (Å²) in [5.74, 6) is -1.22. The number of rotatable bonds is 7. The quantitative estimate of drug-likeness (QED) is 0.341. The Balaban J connectivity index is 1.56. The Kier molecular flexibility index (Phi) is 9.08. The Hall–Kier alpha value is -1.83. The number of hydrogen-bond acceptors (Lipinski definition) is 11. The van der Waals surface area contributed by atoms with E-state index in [2.05, 4.69) is 5.32 Å². The van der Waals surface area contributed by atoms with E-state index in [0.29, 0.717) is 18.9 Å². The van der Waals surface area contributed by atoms with Gasteiger partial charge in [-0.15, -0.1) is 0 Å². The molecule has 0 amide bonds. The third-order valence-corrected chi connectivity index (χ3v) is 7.95. The lowest BCUT2D eigenvalue weighted by molar-refractivity contribution is -0.783. The number of piperidine rings is 1. The molecule has 37 heavy (non-hydrogen) atoms. The molecule has 3 aliphatic heterocycles. The third-order valence-electron chi connectivity index (χ3n) is 7.95. The molecule has 4 rings (SSSR count). The van der Waals surface area contributed by atoms with Crippen LogP contribution in [0.2, 0.25) is 0 Å². The standard InChI is InChI=1S/C25H39NO11/c1-11-19(34-12(2)27)22(35-13(3)28)23(36-14(4)29)25(33-11)37-17-8-7-15-18(21(17)31-6)26-24-16(9-10-32-24)20(15)30-5/h11,15-26H,7-10H2,1-6H3/p+1/t11-,15?,16?,17?,18?,19+,20?,21?,22-,23-,24?,25-/m0/s1. The van der Waals surface area contributed by atoms with Crippen LogP contribution in [0, 0.1) is 11.8 Å². The summed E-state index contributed by atoms with van der Waals surface area (Å²) in [6.45, 7) is 6.11. The third kappa shape index (κ3) is 5.94. The average molecular weight is 531 g/mol. The molecule has 0 spiro atoms. The minimum atomic E-state index is -1.15. The Morgan fingerprint density at radius 3 is 2.00 bits per heavy atom. The lowest BCUT2D eigenvalue weighted by Gasteiger charge is -2.50. The average Bonchev–Trinajstić information content (AvgIpc) is 3.29. The molecule has 1 saturated carbocycles. The van der Waals surface area contributed by atoms with Gasteiger partial charge in [0.25, 0.3) is 0 Å². The van der Waals surface area contributed by atoms with Gasteiger partial charge in [0, 0.05) is 40.9 Å². The minimum Gasteiger partial charge on any atom is -0.456 e. The lowest BCUT2D eigenvalue weighted by Crippen LogP contribution is -3.03. The van der Waals surface area contributed by atoms with Gasteiger partial charge in [0.1, 0.15) is 12.1 Å². The van der Waals surface area contributed by atoms with Crippen molar-refractivity contribution in [2.75, 3.05) is 20.8 Å². The number of carbonyl (C=O) groups is 3. The molecule has 7 unspecified atom stereocenters. The molecule has 0 aromatic heterocycles. The molecule has 210 valence electrons. The SMILES string of the molecule is COC1C2CCOC2[NH2+]C2C1CCC(O[C@@H]1O[C@@H](C)[C@@H](OC(C)=O)[C@H](OC(C)=O)[C@@H]1OC(C)=O)C2OC. The molecular weight excluding hydrogens is 490 g/mol. The summed E-state index contributed by atoms with van der Waals surface area (Å²) in [6, 6.07) is 0.0271. The van der Waals surface area contributed by atoms with Crippen LogP contribution in [-0.4, -0.2) is 100 Å². The van der Waals surface area contributed by atoms with Gasteiger partial charge in [-0.3, -0.25) is 14.4 Å². The van der Waals surface area contributed by atoms with Gasteiger partial charge in [-0.2, -0.15) is 0 Å². The van der Waals surface area contributed by atoms with E-state index in [1.54, 1.807) is 21.1 Å². The summed E-state index contributed by atoms with van der Waals surface area (Å²) in [7, 11) is 3.40. The van der Waals surface area contributed by atoms with Gasteiger partial charge in [-0.05, 0) is 26.2 Å². The van der Waals surface area contributed by atoms with Crippen LogP contribution in [0.15, 0.2) is 0 Å². The van der Waals surface area contributed by atoms with Crippen LogP contribution in [0.1, 0.15) is 47.0 Å². The Bertz CT molecular complexity index is 839. The first-order valence-corrected chi connectivity index (χ1v) is 13.0. The Morgan fingerprint density at radius 2 is 1.38 bits per heavy atom. The minimum absolute atomic E-state index is 0.000169. The number of hydrogen-bond donors (Lipinski definition) is 1. The molecule has 0 radical (unpaired) electrons. The van der Waals surface area contributed by atoms with Gasteiger partial charge < -0.3 is 43.2 Å². The van der Waals surface area contributed by atoms with E-state index in [-0.39, 0.29) is 30.4 Å². The van der Waals surface area contributed by atoms with E-state index in [9.17, 15) is 14.4 Å². The van der Waals surface area contributed by atoms with E-state index in [1.165, 1.54) is 20.8 Å². The number of nitrogens with two attached hydrogens (primary N) is 1. The summed E-state index contributed by atoms with van der Waals surface area (Å²) < 4.78 is 46.9. The molecule has 4 aliphatic rings. The number of fused-ring (bicyclic) bond motifs is 2. The molecule has 0 bridgehead atoms. The topological polar surface area (TPSA) is 142 Å². The van der Waals surface area contributed by atoms with Crippen molar-refractivity contribution in [1.82, 2.24) is 0 Å². The second-order valence-electron chi connectivity index (χ2n) is 10.3. The van der Waals surface area contributed by atoms with Crippen LogP contribution in [0.25, 0.3) is 0 Å². The lowest BCUT2D eigenvalue weighted by atomic mass is 9.70. The molecule has 0 aromatic carbocycles. The highest BCUT2D eigenvalue weighted by molar-refractivity contribution is 5.68. The van der Waals surface area contributed by atoms with E-state index in [1.807, 2.05) is 0 Å². The van der Waals surface area contributed by atoms with Crippen LogP contribution in [0.5, 0.6) is 0 Å². The second-order valence-corrected chi connectivity index (χ2v) is 10.3. The van der Waals surface area contributed by atoms with Crippen molar-refractivity contribution >= 4 is 17.9 Å². The molecule has 1 aliphatic carbocycles. The van der Waals surface area contributed by atoms with Crippen molar-refractivity contribution in [1.29, 1.82) is 0 Å². The zero-order valence-electron chi connectivity index (χ0n) is 22.3. The number of carbonyl (C=O) groups excluding carboxylic acids is 3. The zero-order valence-corrected chi connectivity index (χ0v) is 22.3. The Labute approximate surface area is 216 Å². The van der Waals surface area contributed by atoms with Gasteiger partial charge in [0.15, 0.2) is 30.8 Å². The summed E-state index contributed by atoms with van der Waals surface area (Å²) in [6.07, 6.45) is -3.20. The molecule has 3 saturated heterocycles. The van der Waals surface area contributed by atoms with E-state index in [4.69, 9.17) is 37.9 Å². The first-order valence-electron chi connectivity index (χ1n) is 13.0. The van der Waals surface area contributed by atoms with Gasteiger partial charge in [0.2, 0.25) is 0 Å². The Morgan fingerprint density at radius 1 is 0.757 bits per heavy atom. The summed E-state index contributed by atoms with van der Waals surface area (Å²) >= 11 is 0. The van der Waals surface area contributed by atoms with E-state index in [0.717, 1.165) is 12.8 Å². The molecule has 3 heterocycles. The number of ether oxygens (including phenoxy) is 8. The van der Waals surface area contributed by atoms with Crippen molar-refractivity contribution in [3.8, 4) is 0 Å². The van der Waals surface area contributed by atoms with Crippen LogP contribution >= 0.6 is 0 Å². The normalized spacial score (nSPS) is 43.3. The molecule has 12 heteroatoms. The molecule has 12 nitrogen and oxygen atoms in total. The highest BCUT2D eigenvalue weighted by atomic mass is 16.7. The maximum Gasteiger partial charge on any atom is 0.303 e. The summed E-state index contributed by atoms with van der Waals surface area (Å²) in [5, 5.41) is 2.23. The first kappa shape index (κ1) is 28.2. The fourth-order valence-electron chi connectivity index (χ4n) is 6.61. The van der Waals surface area contributed by atoms with Gasteiger partial charge in [-0.1, -0.05) is 0 Å². The van der Waals surface area contributed by atoms with Crippen LogP contribution in [0.4, 0.5) is 0 Å². The van der Waals surface area contributed by atoms with Crippen LogP contribution in [0.3, 0.4) is 0 Å². The van der Waals surface area contributed by atoms with Crippen molar-refractivity contribution < 1.29 is 57.6 Å². The highest BCUT2D eigenvalue weighted by Gasteiger charge is 2.58. The van der Waals surface area contributed by atoms with E-state index >= 15 is 0 Å². The summed E-state index contributed by atoms with van der Waals surface area (Å²) in [4.78, 5) is 35.8. The molecule has 12 atom stereocenters. The second kappa shape index (κ2) is 11.9. The smallest absolute Gasteiger partial charge is 0.303 e. The van der Waals surface area contributed by atoms with Crippen molar-refractivity contribution in [2.45, 2.75) is 108 Å². The van der Waals surface area contributed by atoms with Gasteiger partial charge in [-0.25, -0.2) is 0 Å². The van der Waals surface area contributed by atoms with Gasteiger partial charge in [0.05, 0.1) is 30.8 Å². The number of methoxy groups -OCH3 is 2. The predicted octanol–water partition coefficient (Wildman–Crippen LogP) is -0.340. The highest BCUT2D eigenvalue weighted by Crippen LogP contribution is 2.40. The van der Waals surface area contributed by atoms with E-state index < -0.39 is 54.7 Å². The summed E-state index contributed by atoms with van der Waals surface area (Å²) in [5.41, 5.74) is 0. The number of quaternary nitrogens is 1. The molecule has 0 aromatic rings. The maximum atomic E-state index is 12.0. The molecule has 2 N–H and O–H groups in total. The van der Waals surface area contributed by atoms with Gasteiger partial charge >= 0.3 is 17.9 Å². The monoisotopic (exact) mass is 530 g/mol. The molecule has 4 fully saturated rings. The first-order chi connectivity index (χ1) is 17.6. The fourth-order valence-corrected chi connectivity index (χ4v) is 6.61. The van der Waals surface area contributed by atoms with Crippen molar-refractivity contribution in [2.24, 2.45) is 11.8 Å². The van der Waals surface area contributed by atoms with Crippen molar-refractivity contribution in [3.63, 3.8) is 0 Å². The zero-order chi connectivity index (χ0) is 26.9. The maximum absolute atomic E-state index is 12.0. The fraction of sp³-hybridized carbons (Fsp3) is 0.880. The largest absolute Gasteiger partial charge is 0.456 e. The van der Waals surface area contributed by atoms with Crippen LogP contribution in [-0.2, 0) is 52.3 Å². The van der Waals surface area contributed by atoms with Crippen LogP contribution < -0.4 is 5.32 Å². The van der Waals surface area contributed by atoms with Crippen molar-refractivity contribution in [3.05, 3.63) is 0 Å². The molecular formula is C25H40NO11+. The number of esters is 3. The predicted molar refractivity (Wildman–Crippen MR) is 124 cm³/mol.